The maximum absolute atomic E-state index is 13.5. The SMILES string of the molecule is COc1cc2c(CCC(=O)O)cn(S(=O)(=O)c3c(C)nn(C)c3C)c2cc1OC. The van der Waals surface area contributed by atoms with Crippen LogP contribution in [0.2, 0.25) is 0 Å². The number of hydrogen-bond donors (Lipinski definition) is 1. The van der Waals surface area contributed by atoms with Gasteiger partial charge < -0.3 is 14.6 Å². The average Bonchev–Trinajstić information content (AvgIpc) is 3.15. The van der Waals surface area contributed by atoms with Crippen LogP contribution in [0.1, 0.15) is 23.4 Å². The van der Waals surface area contributed by atoms with Gasteiger partial charge in [-0.25, -0.2) is 12.4 Å². The summed E-state index contributed by atoms with van der Waals surface area (Å²) in [6.07, 6.45) is 1.51. The third-order valence-electron chi connectivity index (χ3n) is 4.93. The van der Waals surface area contributed by atoms with Crippen molar-refractivity contribution in [2.45, 2.75) is 31.6 Å². The van der Waals surface area contributed by atoms with Gasteiger partial charge in [-0.2, -0.15) is 5.10 Å². The normalized spacial score (nSPS) is 11.8. The van der Waals surface area contributed by atoms with Crippen molar-refractivity contribution in [2.24, 2.45) is 7.05 Å². The number of carboxylic acid groups (broad SMARTS) is 1. The van der Waals surface area contributed by atoms with Crippen LogP contribution in [0.15, 0.2) is 23.2 Å². The Bertz CT molecular complexity index is 1210. The summed E-state index contributed by atoms with van der Waals surface area (Å²) in [5, 5.41) is 13.9. The summed E-state index contributed by atoms with van der Waals surface area (Å²) in [6.45, 7) is 3.33. The first-order chi connectivity index (χ1) is 13.6. The lowest BCUT2D eigenvalue weighted by molar-refractivity contribution is -0.136. The number of carboxylic acids is 1. The zero-order valence-corrected chi connectivity index (χ0v) is 17.7. The molecule has 0 aliphatic heterocycles. The summed E-state index contributed by atoms with van der Waals surface area (Å²) in [5.74, 6) is -0.160. The van der Waals surface area contributed by atoms with E-state index >= 15 is 0 Å². The molecular formula is C19H23N3O6S. The molecule has 2 heterocycles. The third-order valence-corrected chi connectivity index (χ3v) is 6.85. The number of benzene rings is 1. The van der Waals surface area contributed by atoms with Gasteiger partial charge in [0.25, 0.3) is 10.0 Å². The van der Waals surface area contributed by atoms with E-state index in [-0.39, 0.29) is 17.7 Å². The Morgan fingerprint density at radius 3 is 2.31 bits per heavy atom. The summed E-state index contributed by atoms with van der Waals surface area (Å²) < 4.78 is 40.4. The van der Waals surface area contributed by atoms with Gasteiger partial charge in [0.2, 0.25) is 0 Å². The van der Waals surface area contributed by atoms with Gasteiger partial charge in [-0.3, -0.25) is 9.48 Å². The molecule has 1 N–H and O–H groups in total. The highest BCUT2D eigenvalue weighted by Crippen LogP contribution is 2.37. The minimum atomic E-state index is -3.98. The van der Waals surface area contributed by atoms with Gasteiger partial charge in [-0.15, -0.1) is 0 Å². The van der Waals surface area contributed by atoms with Gasteiger partial charge in [-0.05, 0) is 31.9 Å². The fourth-order valence-electron chi connectivity index (χ4n) is 3.45. The Labute approximate surface area is 168 Å². The van der Waals surface area contributed by atoms with E-state index in [0.717, 1.165) is 0 Å². The standard InChI is InChI=1S/C19H23N3O6S/c1-11-19(12(2)21(3)20-11)29(25,26)22-10-13(6-7-18(23)24)14-8-16(27-4)17(28-5)9-15(14)22/h8-10H,6-7H2,1-5H3,(H,23,24). The molecule has 0 fully saturated rings. The van der Waals surface area contributed by atoms with Crippen molar-refractivity contribution >= 4 is 26.9 Å². The Kier molecular flexibility index (Phi) is 5.31. The van der Waals surface area contributed by atoms with E-state index in [1.165, 1.54) is 29.1 Å². The number of hydrogen-bond acceptors (Lipinski definition) is 6. The highest BCUT2D eigenvalue weighted by atomic mass is 32.2. The van der Waals surface area contributed by atoms with Crippen LogP contribution in [-0.4, -0.2) is 47.5 Å². The number of aromatic nitrogens is 3. The molecule has 3 aromatic rings. The van der Waals surface area contributed by atoms with Gasteiger partial charge >= 0.3 is 5.97 Å². The lowest BCUT2D eigenvalue weighted by Crippen LogP contribution is -2.14. The molecule has 0 amide bonds. The average molecular weight is 421 g/mol. The van der Waals surface area contributed by atoms with E-state index in [1.807, 2.05) is 0 Å². The van der Waals surface area contributed by atoms with Crippen LogP contribution in [-0.2, 0) is 28.3 Å². The maximum atomic E-state index is 13.5. The zero-order valence-electron chi connectivity index (χ0n) is 16.9. The fraction of sp³-hybridized carbons (Fsp3) is 0.368. The predicted octanol–water partition coefficient (Wildman–Crippen LogP) is 2.26. The minimum absolute atomic E-state index is 0.122. The van der Waals surface area contributed by atoms with E-state index in [1.54, 1.807) is 33.0 Å². The minimum Gasteiger partial charge on any atom is -0.493 e. The first-order valence-electron chi connectivity index (χ1n) is 8.85. The van der Waals surface area contributed by atoms with Crippen molar-refractivity contribution in [2.75, 3.05) is 14.2 Å². The molecule has 0 saturated carbocycles. The molecule has 156 valence electrons. The number of aliphatic carboxylic acids is 1. The fourth-order valence-corrected chi connectivity index (χ4v) is 5.25. The quantitative estimate of drug-likeness (QED) is 0.623. The van der Waals surface area contributed by atoms with Crippen molar-refractivity contribution in [1.29, 1.82) is 0 Å². The number of fused-ring (bicyclic) bond motifs is 1. The van der Waals surface area contributed by atoms with Crippen LogP contribution >= 0.6 is 0 Å². The smallest absolute Gasteiger partial charge is 0.303 e. The number of nitrogens with zero attached hydrogens (tertiary/aromatic N) is 3. The molecule has 0 unspecified atom stereocenters. The summed E-state index contributed by atoms with van der Waals surface area (Å²) >= 11 is 0. The highest BCUT2D eigenvalue weighted by molar-refractivity contribution is 7.90. The molecule has 9 nitrogen and oxygen atoms in total. The van der Waals surface area contributed by atoms with Crippen molar-refractivity contribution in [3.8, 4) is 11.5 Å². The number of ether oxygens (including phenoxy) is 2. The van der Waals surface area contributed by atoms with Crippen LogP contribution in [0.25, 0.3) is 10.9 Å². The van der Waals surface area contributed by atoms with E-state index in [9.17, 15) is 13.2 Å². The summed E-state index contributed by atoms with van der Waals surface area (Å²) in [5.41, 5.74) is 1.87. The molecule has 0 aliphatic carbocycles. The van der Waals surface area contributed by atoms with Crippen LogP contribution < -0.4 is 9.47 Å². The van der Waals surface area contributed by atoms with Crippen LogP contribution in [0, 0.1) is 13.8 Å². The molecule has 0 aliphatic rings. The molecule has 3 rings (SSSR count). The molecule has 0 saturated heterocycles. The van der Waals surface area contributed by atoms with Gasteiger partial charge in [0.15, 0.2) is 11.5 Å². The Morgan fingerprint density at radius 1 is 1.17 bits per heavy atom. The van der Waals surface area contributed by atoms with E-state index in [0.29, 0.717) is 39.4 Å². The predicted molar refractivity (Wildman–Crippen MR) is 106 cm³/mol. The van der Waals surface area contributed by atoms with E-state index in [2.05, 4.69) is 5.10 Å². The number of carbonyl (C=O) groups is 1. The maximum Gasteiger partial charge on any atom is 0.303 e. The monoisotopic (exact) mass is 421 g/mol. The van der Waals surface area contributed by atoms with Crippen LogP contribution in [0.3, 0.4) is 0 Å². The van der Waals surface area contributed by atoms with Crippen molar-refractivity contribution < 1.29 is 27.8 Å². The number of rotatable bonds is 7. The van der Waals surface area contributed by atoms with Crippen LogP contribution in [0.5, 0.6) is 11.5 Å². The molecule has 29 heavy (non-hydrogen) atoms. The topological polar surface area (TPSA) is 113 Å². The summed E-state index contributed by atoms with van der Waals surface area (Å²) in [7, 11) is 0.650. The molecular weight excluding hydrogens is 398 g/mol. The molecule has 0 spiro atoms. The number of methoxy groups -OCH3 is 2. The van der Waals surface area contributed by atoms with Crippen molar-refractivity contribution in [3.05, 3.63) is 35.3 Å². The van der Waals surface area contributed by atoms with E-state index < -0.39 is 16.0 Å². The van der Waals surface area contributed by atoms with Gasteiger partial charge in [-0.1, -0.05) is 0 Å². The molecule has 2 aromatic heterocycles. The lowest BCUT2D eigenvalue weighted by Gasteiger charge is -2.11. The number of aryl methyl sites for hydroxylation is 3. The second kappa shape index (κ2) is 7.43. The molecule has 10 heteroatoms. The van der Waals surface area contributed by atoms with Crippen molar-refractivity contribution in [3.63, 3.8) is 0 Å². The second-order valence-corrected chi connectivity index (χ2v) is 8.45. The lowest BCUT2D eigenvalue weighted by atomic mass is 10.1. The molecule has 0 radical (unpaired) electrons. The summed E-state index contributed by atoms with van der Waals surface area (Å²) in [6, 6.07) is 3.25. The zero-order chi connectivity index (χ0) is 21.5. The Hall–Kier alpha value is -3.01. The summed E-state index contributed by atoms with van der Waals surface area (Å²) in [4.78, 5) is 11.2. The largest absolute Gasteiger partial charge is 0.493 e. The van der Waals surface area contributed by atoms with Crippen molar-refractivity contribution in [1.82, 2.24) is 13.8 Å². The van der Waals surface area contributed by atoms with Gasteiger partial charge in [0.05, 0.1) is 31.1 Å². The highest BCUT2D eigenvalue weighted by Gasteiger charge is 2.28. The molecule has 1 aromatic carbocycles. The molecule has 0 atom stereocenters. The Balaban J connectivity index is 2.33. The first kappa shape index (κ1) is 20.7. The second-order valence-electron chi connectivity index (χ2n) is 6.70. The third kappa shape index (κ3) is 3.44. The molecule has 0 bridgehead atoms. The van der Waals surface area contributed by atoms with Gasteiger partial charge in [0.1, 0.15) is 4.90 Å². The van der Waals surface area contributed by atoms with E-state index in [4.69, 9.17) is 14.6 Å². The Morgan fingerprint density at radius 2 is 1.79 bits per heavy atom. The first-order valence-corrected chi connectivity index (χ1v) is 10.3. The van der Waals surface area contributed by atoms with Gasteiger partial charge in [0, 0.05) is 31.1 Å². The van der Waals surface area contributed by atoms with Crippen LogP contribution in [0.4, 0.5) is 0 Å².